The number of amides is 3. The Balaban J connectivity index is 0.00000385. The van der Waals surface area contributed by atoms with Gasteiger partial charge in [0.2, 0.25) is 11.8 Å². The number of carbonyl (C=O) groups is 4. The van der Waals surface area contributed by atoms with Crippen molar-refractivity contribution in [2.24, 2.45) is 0 Å². The van der Waals surface area contributed by atoms with Crippen molar-refractivity contribution in [3.63, 3.8) is 0 Å². The molecule has 0 spiro atoms. The van der Waals surface area contributed by atoms with Crippen molar-refractivity contribution in [3.05, 3.63) is 46.0 Å². The first kappa shape index (κ1) is 27.1. The maximum atomic E-state index is 13.1. The first-order valence-corrected chi connectivity index (χ1v) is 10.9. The summed E-state index contributed by atoms with van der Waals surface area (Å²) in [6.07, 6.45) is -0.0591. The summed E-state index contributed by atoms with van der Waals surface area (Å²) in [6.45, 7) is 4.84. The summed E-state index contributed by atoms with van der Waals surface area (Å²) in [6, 6.07) is 3.23. The van der Waals surface area contributed by atoms with Crippen molar-refractivity contribution in [2.45, 2.75) is 61.5 Å². The molecule has 2 heterocycles. The van der Waals surface area contributed by atoms with Crippen molar-refractivity contribution in [1.82, 2.24) is 15.5 Å². The molecule has 0 radical (unpaired) electrons. The molecule has 11 nitrogen and oxygen atoms in total. The van der Waals surface area contributed by atoms with Gasteiger partial charge in [0.25, 0.3) is 11.9 Å². The molecular weight excluding hydrogens is 463 g/mol. The number of fused-ring (bicyclic) bond motifs is 1. The average Bonchev–Trinajstić information content (AvgIpc) is 2.99. The number of thioether (sulfide) groups is 1. The molecule has 2 fully saturated rings. The van der Waals surface area contributed by atoms with E-state index in [4.69, 9.17) is 0 Å². The van der Waals surface area contributed by atoms with Crippen LogP contribution in [0.2, 0.25) is 0 Å². The van der Waals surface area contributed by atoms with Crippen LogP contribution in [-0.4, -0.2) is 61.8 Å². The molecule has 0 bridgehead atoms. The van der Waals surface area contributed by atoms with Crippen molar-refractivity contribution in [3.8, 4) is 0 Å². The van der Waals surface area contributed by atoms with Crippen molar-refractivity contribution in [2.75, 3.05) is 0 Å². The summed E-state index contributed by atoms with van der Waals surface area (Å²) >= 11 is 1.23. The van der Waals surface area contributed by atoms with E-state index in [-0.39, 0.29) is 36.0 Å². The van der Waals surface area contributed by atoms with Gasteiger partial charge < -0.3 is 25.4 Å². The van der Waals surface area contributed by atoms with Crippen LogP contribution in [0.15, 0.2) is 30.3 Å². The normalized spacial score (nSPS) is 24.4. The second-order valence-corrected chi connectivity index (χ2v) is 9.90. The molecule has 5 atom stereocenters. The fraction of sp³-hybridized carbons (Fsp3) is 0.500. The zero-order chi connectivity index (χ0) is 23.8. The Morgan fingerprint density at radius 2 is 1.82 bits per heavy atom. The second kappa shape index (κ2) is 10.4. The SMILES string of the molecule is CCC(C(=O)NC(C(=O)N[C@@H]1C(=O)N2[C@@H]1SC(C)(C)[C@@H]2C(=O)[O-])c1ccccc1)[N+](=O)[O-].[Na+]. The van der Waals surface area contributed by atoms with Gasteiger partial charge in [-0.3, -0.25) is 24.5 Å². The maximum Gasteiger partial charge on any atom is 1.00 e. The third-order valence-corrected chi connectivity index (χ3v) is 7.16. The largest absolute Gasteiger partial charge is 1.00 e. The number of aliphatic carboxylic acids is 1. The number of carboxylic acid groups (broad SMARTS) is 1. The molecule has 0 saturated carbocycles. The number of hydrogen-bond donors (Lipinski definition) is 2. The number of β-lactam (4-membered cyclic amide) rings is 1. The van der Waals surface area contributed by atoms with Crippen molar-refractivity contribution in [1.29, 1.82) is 0 Å². The molecule has 2 unspecified atom stereocenters. The number of benzene rings is 1. The van der Waals surface area contributed by atoms with E-state index < -0.39 is 62.9 Å². The van der Waals surface area contributed by atoms with Crippen LogP contribution in [0.25, 0.3) is 0 Å². The molecule has 13 heteroatoms. The maximum absolute atomic E-state index is 13.1. The summed E-state index contributed by atoms with van der Waals surface area (Å²) < 4.78 is -0.814. The van der Waals surface area contributed by atoms with Crippen LogP contribution in [-0.2, 0) is 19.2 Å². The van der Waals surface area contributed by atoms with Crippen LogP contribution in [0.1, 0.15) is 38.8 Å². The Bertz CT molecular complexity index is 961. The van der Waals surface area contributed by atoms with E-state index in [1.165, 1.54) is 23.6 Å². The predicted octanol–water partition coefficient (Wildman–Crippen LogP) is -3.80. The van der Waals surface area contributed by atoms with E-state index in [0.29, 0.717) is 5.56 Å². The first-order valence-electron chi connectivity index (χ1n) is 9.99. The number of nitrogens with one attached hydrogen (secondary N) is 2. The fourth-order valence-electron chi connectivity index (χ4n) is 3.98. The molecule has 2 aliphatic heterocycles. The summed E-state index contributed by atoms with van der Waals surface area (Å²) in [7, 11) is 0. The molecule has 3 amide bonds. The molecule has 0 aliphatic carbocycles. The number of hydrogen-bond acceptors (Lipinski definition) is 8. The van der Waals surface area contributed by atoms with E-state index in [1.54, 1.807) is 44.2 Å². The van der Waals surface area contributed by atoms with Gasteiger partial charge in [-0.15, -0.1) is 11.8 Å². The minimum absolute atomic E-state index is 0. The molecule has 1 aromatic carbocycles. The minimum Gasteiger partial charge on any atom is -0.548 e. The van der Waals surface area contributed by atoms with Crippen molar-refractivity contribution < 1.29 is 58.8 Å². The van der Waals surface area contributed by atoms with Crippen LogP contribution >= 0.6 is 11.8 Å². The summed E-state index contributed by atoms with van der Waals surface area (Å²) in [5.74, 6) is -3.58. The number of carboxylic acids is 1. The van der Waals surface area contributed by atoms with Gasteiger partial charge in [0.15, 0.2) is 0 Å². The Morgan fingerprint density at radius 1 is 1.21 bits per heavy atom. The molecule has 172 valence electrons. The Kier molecular flexibility index (Phi) is 8.55. The fourth-order valence-corrected chi connectivity index (χ4v) is 5.60. The standard InChI is InChI=1S/C20H24N4O7S.Na/c1-4-11(24(30)31)15(25)21-12(10-8-6-5-7-9-10)16(26)22-13-17(27)23-14(19(28)29)20(2,3)32-18(13)23;/h5-9,11-14,18H,4H2,1-3H3,(H,21,25)(H,22,26)(H,28,29);/q;+1/p-1/t11?,12?,13-,14+,18-;/m1./s1. The molecule has 2 aliphatic rings. The van der Waals surface area contributed by atoms with Gasteiger partial charge >= 0.3 is 29.6 Å². The van der Waals surface area contributed by atoms with Gasteiger partial charge in [-0.2, -0.15) is 0 Å². The Morgan fingerprint density at radius 3 is 2.33 bits per heavy atom. The molecule has 2 N–H and O–H groups in total. The second-order valence-electron chi connectivity index (χ2n) is 8.13. The molecule has 1 aromatic rings. The van der Waals surface area contributed by atoms with Gasteiger partial charge in [0.05, 0.1) is 12.0 Å². The van der Waals surface area contributed by atoms with Crippen LogP contribution < -0.4 is 45.3 Å². The molecule has 2 saturated heterocycles. The topological polar surface area (TPSA) is 162 Å². The quantitative estimate of drug-likeness (QED) is 0.164. The monoisotopic (exact) mass is 486 g/mol. The van der Waals surface area contributed by atoms with E-state index in [9.17, 15) is 34.4 Å². The Labute approximate surface area is 216 Å². The van der Waals surface area contributed by atoms with Crippen LogP contribution in [0, 0.1) is 10.1 Å². The van der Waals surface area contributed by atoms with Crippen LogP contribution in [0.3, 0.4) is 0 Å². The Hall–Kier alpha value is -2.15. The van der Waals surface area contributed by atoms with Crippen molar-refractivity contribution >= 4 is 35.5 Å². The van der Waals surface area contributed by atoms with Gasteiger partial charge in [0.1, 0.15) is 17.5 Å². The number of carbonyl (C=O) groups excluding carboxylic acids is 4. The number of rotatable bonds is 8. The molecule has 3 rings (SSSR count). The zero-order valence-corrected chi connectivity index (χ0v) is 21.5. The van der Waals surface area contributed by atoms with E-state index in [1.807, 2.05) is 0 Å². The number of nitrogens with zero attached hydrogens (tertiary/aromatic N) is 2. The number of nitro groups is 1. The molecule has 0 aromatic heterocycles. The van der Waals surface area contributed by atoms with Gasteiger partial charge in [-0.25, -0.2) is 0 Å². The molecule has 33 heavy (non-hydrogen) atoms. The van der Waals surface area contributed by atoms with E-state index in [0.717, 1.165) is 0 Å². The predicted molar refractivity (Wildman–Crippen MR) is 111 cm³/mol. The van der Waals surface area contributed by atoms with Gasteiger partial charge in [-0.05, 0) is 19.4 Å². The first-order chi connectivity index (χ1) is 15.0. The summed E-state index contributed by atoms with van der Waals surface area (Å²) in [5.41, 5.74) is 0.382. The van der Waals surface area contributed by atoms with Crippen LogP contribution in [0.5, 0.6) is 0 Å². The smallest absolute Gasteiger partial charge is 0.548 e. The average molecular weight is 486 g/mol. The summed E-state index contributed by atoms with van der Waals surface area (Å²) in [5, 5.41) is 27.1. The third kappa shape index (κ3) is 5.18. The van der Waals surface area contributed by atoms with E-state index in [2.05, 4.69) is 10.6 Å². The van der Waals surface area contributed by atoms with Gasteiger partial charge in [0, 0.05) is 16.1 Å². The summed E-state index contributed by atoms with van der Waals surface area (Å²) in [4.78, 5) is 61.3. The third-order valence-electron chi connectivity index (χ3n) is 5.59. The minimum atomic E-state index is -1.52. The van der Waals surface area contributed by atoms with Crippen LogP contribution in [0.4, 0.5) is 0 Å². The molecular formula is C20H23N4NaO7S. The zero-order valence-electron chi connectivity index (χ0n) is 18.6. The van der Waals surface area contributed by atoms with Gasteiger partial charge in [-0.1, -0.05) is 37.3 Å². The van der Waals surface area contributed by atoms with E-state index >= 15 is 0 Å².